The molecule has 2 aromatic rings. The molecule has 0 spiro atoms. The Morgan fingerprint density at radius 1 is 1.42 bits per heavy atom. The number of carbonyl (C=O) groups excluding carboxylic acids is 2. The van der Waals surface area contributed by atoms with Crippen molar-refractivity contribution in [2.24, 2.45) is 5.41 Å². The van der Waals surface area contributed by atoms with Gasteiger partial charge >= 0.3 is 5.97 Å². The molecule has 0 saturated carbocycles. The molecule has 4 rings (SSSR count). The fraction of sp³-hybridized carbons (Fsp3) is 0.500. The lowest BCUT2D eigenvalue weighted by Gasteiger charge is -2.55. The number of aliphatic carboxylic acids is 1. The molecule has 2 aromatic heterocycles. The summed E-state index contributed by atoms with van der Waals surface area (Å²) in [7, 11) is -3.64. The molecule has 2 aliphatic rings. The molecule has 2 fully saturated rings. The van der Waals surface area contributed by atoms with Gasteiger partial charge in [0, 0.05) is 30.4 Å². The van der Waals surface area contributed by atoms with Crippen LogP contribution in [0.1, 0.15) is 5.01 Å². The number of hydrogen-bond donors (Lipinski definition) is 1. The third kappa shape index (κ3) is 4.76. The quantitative estimate of drug-likeness (QED) is 0.382. The SMILES string of the molecule is Cc1nnc(SCC2(C(=O)O)CS[C@@H]3C(N(C(=O)CS(C)(=O)=O)c4ccco4)C(=O)N3C2)s1. The molecule has 1 N–H and O–H groups in total. The van der Waals surface area contributed by atoms with Crippen molar-refractivity contribution in [3.05, 3.63) is 23.4 Å². The van der Waals surface area contributed by atoms with Crippen LogP contribution in [-0.2, 0) is 24.2 Å². The number of hydrogen-bond acceptors (Lipinski definition) is 11. The Hall–Kier alpha value is -2.10. The van der Waals surface area contributed by atoms with Gasteiger partial charge in [0.05, 0.1) is 6.26 Å². The highest BCUT2D eigenvalue weighted by atomic mass is 32.2. The molecule has 0 radical (unpaired) electrons. The van der Waals surface area contributed by atoms with Crippen LogP contribution in [0.4, 0.5) is 5.88 Å². The first-order valence-corrected chi connectivity index (χ1v) is 14.5. The number of carboxylic acids is 1. The summed E-state index contributed by atoms with van der Waals surface area (Å²) >= 11 is 3.91. The second-order valence-corrected chi connectivity index (χ2v) is 13.5. The molecule has 2 aliphatic heterocycles. The Morgan fingerprint density at radius 2 is 2.18 bits per heavy atom. The van der Waals surface area contributed by atoms with E-state index in [1.54, 1.807) is 0 Å². The van der Waals surface area contributed by atoms with Crippen LogP contribution < -0.4 is 4.90 Å². The molecule has 2 unspecified atom stereocenters. The molecule has 11 nitrogen and oxygen atoms in total. The van der Waals surface area contributed by atoms with E-state index in [1.807, 2.05) is 6.92 Å². The largest absolute Gasteiger partial charge is 0.481 e. The second kappa shape index (κ2) is 8.92. The first-order chi connectivity index (χ1) is 15.5. The van der Waals surface area contributed by atoms with Crippen LogP contribution in [0.15, 0.2) is 27.2 Å². The summed E-state index contributed by atoms with van der Waals surface area (Å²) in [5, 5.41) is 18.2. The topological polar surface area (TPSA) is 151 Å². The maximum Gasteiger partial charge on any atom is 0.313 e. The maximum atomic E-state index is 13.1. The minimum atomic E-state index is -3.64. The summed E-state index contributed by atoms with van der Waals surface area (Å²) in [5.74, 6) is -2.53. The number of thioether (sulfide) groups is 2. The maximum absolute atomic E-state index is 13.1. The van der Waals surface area contributed by atoms with E-state index in [1.165, 1.54) is 58.2 Å². The summed E-state index contributed by atoms with van der Waals surface area (Å²) in [4.78, 5) is 40.6. The van der Waals surface area contributed by atoms with E-state index in [-0.39, 0.29) is 23.9 Å². The zero-order valence-corrected chi connectivity index (χ0v) is 20.8. The van der Waals surface area contributed by atoms with Crippen molar-refractivity contribution in [1.29, 1.82) is 0 Å². The van der Waals surface area contributed by atoms with Gasteiger partial charge in [-0.1, -0.05) is 23.1 Å². The third-order valence-corrected chi connectivity index (χ3v) is 9.83. The van der Waals surface area contributed by atoms with E-state index in [9.17, 15) is 27.9 Å². The number of β-lactam (4-membered cyclic amide) rings is 1. The molecule has 0 aliphatic carbocycles. The van der Waals surface area contributed by atoms with E-state index in [2.05, 4.69) is 10.2 Å². The number of anilines is 1. The van der Waals surface area contributed by atoms with Crippen molar-refractivity contribution in [3.8, 4) is 0 Å². The van der Waals surface area contributed by atoms with E-state index >= 15 is 0 Å². The van der Waals surface area contributed by atoms with Crippen LogP contribution in [0.3, 0.4) is 0 Å². The summed E-state index contributed by atoms with van der Waals surface area (Å²) < 4.78 is 29.4. The molecule has 3 atom stereocenters. The minimum Gasteiger partial charge on any atom is -0.481 e. The van der Waals surface area contributed by atoms with Gasteiger partial charge in [-0.25, -0.2) is 8.42 Å². The minimum absolute atomic E-state index is 0.0214. The summed E-state index contributed by atoms with van der Waals surface area (Å²) in [6.45, 7) is 1.79. The third-order valence-electron chi connectivity index (χ3n) is 5.23. The van der Waals surface area contributed by atoms with Crippen LogP contribution in [0.2, 0.25) is 0 Å². The van der Waals surface area contributed by atoms with Crippen LogP contribution >= 0.6 is 34.9 Å². The van der Waals surface area contributed by atoms with Gasteiger partial charge in [0.25, 0.3) is 0 Å². The Labute approximate surface area is 201 Å². The van der Waals surface area contributed by atoms with E-state index in [4.69, 9.17) is 4.42 Å². The molecule has 15 heteroatoms. The average Bonchev–Trinajstić information content (AvgIpc) is 3.40. The van der Waals surface area contributed by atoms with Crippen molar-refractivity contribution in [2.75, 3.05) is 35.0 Å². The van der Waals surface area contributed by atoms with Gasteiger partial charge in [0.2, 0.25) is 17.7 Å². The number of fused-ring (bicyclic) bond motifs is 1. The van der Waals surface area contributed by atoms with Crippen molar-refractivity contribution in [1.82, 2.24) is 15.1 Å². The molecule has 4 heterocycles. The molecule has 0 bridgehead atoms. The van der Waals surface area contributed by atoms with Crippen LogP contribution in [0.25, 0.3) is 0 Å². The lowest BCUT2D eigenvalue weighted by Crippen LogP contribution is -2.75. The fourth-order valence-corrected chi connectivity index (χ4v) is 7.95. The lowest BCUT2D eigenvalue weighted by atomic mass is 9.89. The van der Waals surface area contributed by atoms with Gasteiger partial charge in [0.1, 0.15) is 27.6 Å². The number of aryl methyl sites for hydroxylation is 1. The van der Waals surface area contributed by atoms with Crippen LogP contribution in [0, 0.1) is 12.3 Å². The Balaban J connectivity index is 1.53. The molecule has 0 aromatic carbocycles. The average molecular weight is 533 g/mol. The first kappa shape index (κ1) is 24.0. The molecule has 2 amide bonds. The second-order valence-electron chi connectivity index (χ2n) is 7.86. The van der Waals surface area contributed by atoms with Gasteiger partial charge < -0.3 is 14.4 Å². The number of aromatic nitrogens is 2. The molecular weight excluding hydrogens is 512 g/mol. The molecule has 178 valence electrons. The lowest BCUT2D eigenvalue weighted by molar-refractivity contribution is -0.156. The monoisotopic (exact) mass is 532 g/mol. The highest BCUT2D eigenvalue weighted by Crippen LogP contribution is 2.46. The van der Waals surface area contributed by atoms with Crippen molar-refractivity contribution >= 4 is 68.4 Å². The number of sulfone groups is 1. The predicted octanol–water partition coefficient (Wildman–Crippen LogP) is 0.964. The Morgan fingerprint density at radius 3 is 2.76 bits per heavy atom. The number of carboxylic acid groups (broad SMARTS) is 1. The van der Waals surface area contributed by atoms with Gasteiger partial charge in [-0.2, -0.15) is 0 Å². The van der Waals surface area contributed by atoms with E-state index in [0.29, 0.717) is 4.34 Å². The standard InChI is InChI=1S/C18H20N4O7S4/c1-10-19-20-17(32-10)31-9-18(16(25)26)7-21-14(24)13(15(21)30-8-18)22(12-4-3-5-29-12)11(23)6-33(2,27)28/h3-5,13,15H,6-9H2,1-2H3,(H,25,26)/t13?,15-,18?/m1/s1. The van der Waals surface area contributed by atoms with Gasteiger partial charge in [-0.15, -0.1) is 22.0 Å². The molecule has 33 heavy (non-hydrogen) atoms. The van der Waals surface area contributed by atoms with Crippen molar-refractivity contribution in [3.63, 3.8) is 0 Å². The normalized spacial score (nSPS) is 24.8. The summed E-state index contributed by atoms with van der Waals surface area (Å²) in [5.41, 5.74) is -1.20. The summed E-state index contributed by atoms with van der Waals surface area (Å²) in [6, 6.07) is 2.04. The highest BCUT2D eigenvalue weighted by molar-refractivity contribution is 8.01. The smallest absolute Gasteiger partial charge is 0.313 e. The van der Waals surface area contributed by atoms with Crippen LogP contribution in [-0.4, -0.2) is 87.9 Å². The van der Waals surface area contributed by atoms with Crippen LogP contribution in [0.5, 0.6) is 0 Å². The number of carbonyl (C=O) groups is 3. The zero-order valence-electron chi connectivity index (χ0n) is 17.5. The van der Waals surface area contributed by atoms with E-state index < -0.39 is 50.2 Å². The van der Waals surface area contributed by atoms with Gasteiger partial charge in [-0.3, -0.25) is 19.3 Å². The van der Waals surface area contributed by atoms with Gasteiger partial charge in [0.15, 0.2) is 14.2 Å². The number of furan rings is 1. The van der Waals surface area contributed by atoms with Gasteiger partial charge in [-0.05, 0) is 13.0 Å². The molecular formula is C18H20N4O7S4. The number of amides is 2. The Kier molecular flexibility index (Phi) is 6.50. The number of rotatable bonds is 8. The zero-order chi connectivity index (χ0) is 24.0. The Bertz CT molecular complexity index is 1180. The van der Waals surface area contributed by atoms with Crippen molar-refractivity contribution in [2.45, 2.75) is 22.7 Å². The summed E-state index contributed by atoms with van der Waals surface area (Å²) in [6.07, 6.45) is 2.26. The van der Waals surface area contributed by atoms with Crippen molar-refractivity contribution < 1.29 is 32.3 Å². The highest BCUT2D eigenvalue weighted by Gasteiger charge is 2.60. The predicted molar refractivity (Wildman–Crippen MR) is 123 cm³/mol. The number of nitrogens with zero attached hydrogens (tertiary/aromatic N) is 4. The first-order valence-electron chi connectivity index (χ1n) is 9.62. The fourth-order valence-electron chi connectivity index (χ4n) is 3.64. The molecule has 2 saturated heterocycles. The van der Waals surface area contributed by atoms with E-state index in [0.717, 1.165) is 16.2 Å².